The van der Waals surface area contributed by atoms with Crippen LogP contribution in [0.15, 0.2) is 18.2 Å². The van der Waals surface area contributed by atoms with E-state index in [1.54, 1.807) is 6.07 Å². The summed E-state index contributed by atoms with van der Waals surface area (Å²) in [4.78, 5) is 19.3. The van der Waals surface area contributed by atoms with E-state index >= 15 is 0 Å². The largest absolute Gasteiger partial charge is 0.366 e. The minimum atomic E-state index is -0.436. The first kappa shape index (κ1) is 12.2. The fourth-order valence-corrected chi connectivity index (χ4v) is 2.84. The third-order valence-corrected chi connectivity index (χ3v) is 3.96. The van der Waals surface area contributed by atoms with E-state index in [4.69, 9.17) is 11.5 Å². The molecule has 1 heterocycles. The smallest absolute Gasteiger partial charge is 0.250 e. The number of benzene rings is 1. The maximum atomic E-state index is 11.4. The number of primary amides is 1. The molecule has 0 unspecified atom stereocenters. The van der Waals surface area contributed by atoms with Crippen LogP contribution in [-0.4, -0.2) is 21.9 Å². The SMILES string of the molecule is NC(=O)c1cccc2[nH]c(C3CCC(N)CC3)nc12. The fourth-order valence-electron chi connectivity index (χ4n) is 2.84. The van der Waals surface area contributed by atoms with Crippen LogP contribution in [0.3, 0.4) is 0 Å². The van der Waals surface area contributed by atoms with Gasteiger partial charge in [0.05, 0.1) is 11.1 Å². The lowest BCUT2D eigenvalue weighted by Crippen LogP contribution is -2.26. The minimum absolute atomic E-state index is 0.321. The monoisotopic (exact) mass is 258 g/mol. The molecule has 0 saturated heterocycles. The van der Waals surface area contributed by atoms with E-state index in [-0.39, 0.29) is 0 Å². The molecule has 1 aromatic heterocycles. The number of nitrogens with two attached hydrogens (primary N) is 2. The van der Waals surface area contributed by atoms with Crippen molar-refractivity contribution in [2.45, 2.75) is 37.6 Å². The number of hydrogen-bond acceptors (Lipinski definition) is 3. The molecule has 1 amide bonds. The highest BCUT2D eigenvalue weighted by Crippen LogP contribution is 2.32. The molecule has 100 valence electrons. The molecule has 1 aliphatic rings. The first-order chi connectivity index (χ1) is 9.15. The van der Waals surface area contributed by atoms with Crippen molar-refractivity contribution in [2.75, 3.05) is 0 Å². The van der Waals surface area contributed by atoms with Gasteiger partial charge in [-0.15, -0.1) is 0 Å². The van der Waals surface area contributed by atoms with Gasteiger partial charge >= 0.3 is 0 Å². The zero-order valence-corrected chi connectivity index (χ0v) is 10.7. The van der Waals surface area contributed by atoms with Crippen LogP contribution >= 0.6 is 0 Å². The number of aromatic nitrogens is 2. The molecule has 0 radical (unpaired) electrons. The third kappa shape index (κ3) is 2.21. The predicted molar refractivity (Wildman–Crippen MR) is 73.8 cm³/mol. The quantitative estimate of drug-likeness (QED) is 0.763. The third-order valence-electron chi connectivity index (χ3n) is 3.96. The number of rotatable bonds is 2. The van der Waals surface area contributed by atoms with Crippen LogP contribution in [0.4, 0.5) is 0 Å². The number of aromatic amines is 1. The number of fused-ring (bicyclic) bond motifs is 1. The van der Waals surface area contributed by atoms with E-state index in [9.17, 15) is 4.79 Å². The number of hydrogen-bond donors (Lipinski definition) is 3. The summed E-state index contributed by atoms with van der Waals surface area (Å²) in [7, 11) is 0. The van der Waals surface area contributed by atoms with Gasteiger partial charge in [-0.3, -0.25) is 4.79 Å². The first-order valence-electron chi connectivity index (χ1n) is 6.69. The van der Waals surface area contributed by atoms with Crippen molar-refractivity contribution in [1.29, 1.82) is 0 Å². The molecule has 0 atom stereocenters. The number of carbonyl (C=O) groups is 1. The second-order valence-corrected chi connectivity index (χ2v) is 5.30. The van der Waals surface area contributed by atoms with Crippen molar-refractivity contribution >= 4 is 16.9 Å². The molecule has 0 spiro atoms. The number of para-hydroxylation sites is 1. The van der Waals surface area contributed by atoms with Gasteiger partial charge in [0, 0.05) is 12.0 Å². The Hall–Kier alpha value is -1.88. The molecule has 0 bridgehead atoms. The Balaban J connectivity index is 1.98. The van der Waals surface area contributed by atoms with Crippen molar-refractivity contribution in [3.05, 3.63) is 29.6 Å². The summed E-state index contributed by atoms with van der Waals surface area (Å²) < 4.78 is 0. The lowest BCUT2D eigenvalue weighted by atomic mass is 9.86. The standard InChI is InChI=1S/C14H18N4O/c15-9-6-4-8(5-7-9)14-17-11-3-1-2-10(13(16)19)12(11)18-14/h1-3,8-9H,4-7,15H2,(H2,16,19)(H,17,18). The van der Waals surface area contributed by atoms with E-state index < -0.39 is 5.91 Å². The Kier molecular flexibility index (Phi) is 2.98. The molecule has 5 N–H and O–H groups in total. The topological polar surface area (TPSA) is 97.8 Å². The molecule has 1 aliphatic carbocycles. The zero-order valence-electron chi connectivity index (χ0n) is 10.7. The number of imidazole rings is 1. The average Bonchev–Trinajstić information content (AvgIpc) is 2.82. The minimum Gasteiger partial charge on any atom is -0.366 e. The van der Waals surface area contributed by atoms with Crippen LogP contribution < -0.4 is 11.5 Å². The highest BCUT2D eigenvalue weighted by molar-refractivity contribution is 6.04. The van der Waals surface area contributed by atoms with Crippen LogP contribution in [0.2, 0.25) is 0 Å². The normalized spacial score (nSPS) is 23.6. The van der Waals surface area contributed by atoms with Gasteiger partial charge in [-0.2, -0.15) is 0 Å². The summed E-state index contributed by atoms with van der Waals surface area (Å²) in [6.45, 7) is 0. The number of nitrogens with zero attached hydrogens (tertiary/aromatic N) is 1. The van der Waals surface area contributed by atoms with E-state index in [1.807, 2.05) is 12.1 Å². The van der Waals surface area contributed by atoms with E-state index in [0.29, 0.717) is 23.0 Å². The van der Waals surface area contributed by atoms with Gasteiger partial charge in [0.1, 0.15) is 11.3 Å². The highest BCUT2D eigenvalue weighted by Gasteiger charge is 2.23. The summed E-state index contributed by atoms with van der Waals surface area (Å²) >= 11 is 0. The van der Waals surface area contributed by atoms with Gasteiger partial charge in [0.2, 0.25) is 0 Å². The van der Waals surface area contributed by atoms with Gasteiger partial charge in [0.25, 0.3) is 5.91 Å². The lowest BCUT2D eigenvalue weighted by Gasteiger charge is -2.24. The Morgan fingerprint density at radius 2 is 2.00 bits per heavy atom. The van der Waals surface area contributed by atoms with Crippen LogP contribution in [0.25, 0.3) is 11.0 Å². The van der Waals surface area contributed by atoms with Crippen molar-refractivity contribution in [2.24, 2.45) is 11.5 Å². The fraction of sp³-hybridized carbons (Fsp3) is 0.429. The Morgan fingerprint density at radius 1 is 1.26 bits per heavy atom. The molecule has 0 aliphatic heterocycles. The van der Waals surface area contributed by atoms with Gasteiger partial charge < -0.3 is 16.5 Å². The second kappa shape index (κ2) is 4.66. The van der Waals surface area contributed by atoms with Crippen LogP contribution in [0.1, 0.15) is 47.8 Å². The molecular formula is C14H18N4O. The highest BCUT2D eigenvalue weighted by atomic mass is 16.1. The maximum Gasteiger partial charge on any atom is 0.250 e. The number of H-pyrrole nitrogens is 1. The van der Waals surface area contributed by atoms with Crippen molar-refractivity contribution < 1.29 is 4.79 Å². The summed E-state index contributed by atoms with van der Waals surface area (Å²) in [5.41, 5.74) is 13.3. The number of amides is 1. The average molecular weight is 258 g/mol. The summed E-state index contributed by atoms with van der Waals surface area (Å²) in [5, 5.41) is 0. The molecular weight excluding hydrogens is 240 g/mol. The van der Waals surface area contributed by atoms with Gasteiger partial charge in [-0.05, 0) is 37.8 Å². The van der Waals surface area contributed by atoms with E-state index in [0.717, 1.165) is 37.0 Å². The lowest BCUT2D eigenvalue weighted by molar-refractivity contribution is 0.100. The van der Waals surface area contributed by atoms with Crippen molar-refractivity contribution in [3.8, 4) is 0 Å². The van der Waals surface area contributed by atoms with Crippen molar-refractivity contribution in [3.63, 3.8) is 0 Å². The molecule has 1 aromatic carbocycles. The summed E-state index contributed by atoms with van der Waals surface area (Å²) in [5.74, 6) is 0.929. The van der Waals surface area contributed by atoms with E-state index in [1.165, 1.54) is 0 Å². The van der Waals surface area contributed by atoms with Crippen molar-refractivity contribution in [1.82, 2.24) is 9.97 Å². The molecule has 1 fully saturated rings. The van der Waals surface area contributed by atoms with Gasteiger partial charge in [-0.1, -0.05) is 6.07 Å². The molecule has 3 rings (SSSR count). The Morgan fingerprint density at radius 3 is 2.68 bits per heavy atom. The molecule has 1 saturated carbocycles. The number of nitrogens with one attached hydrogen (secondary N) is 1. The predicted octanol–water partition coefficient (Wildman–Crippen LogP) is 1.65. The zero-order chi connectivity index (χ0) is 13.4. The van der Waals surface area contributed by atoms with Crippen LogP contribution in [0.5, 0.6) is 0 Å². The summed E-state index contributed by atoms with van der Waals surface area (Å²) in [6, 6.07) is 5.78. The Labute approximate surface area is 111 Å². The van der Waals surface area contributed by atoms with Gasteiger partial charge in [-0.25, -0.2) is 4.98 Å². The van der Waals surface area contributed by atoms with Gasteiger partial charge in [0.15, 0.2) is 0 Å². The number of carbonyl (C=O) groups excluding carboxylic acids is 1. The Bertz CT molecular complexity index is 611. The van der Waals surface area contributed by atoms with Crippen LogP contribution in [-0.2, 0) is 0 Å². The molecule has 5 nitrogen and oxygen atoms in total. The summed E-state index contributed by atoms with van der Waals surface area (Å²) in [6.07, 6.45) is 4.16. The molecule has 2 aromatic rings. The molecule has 5 heteroatoms. The maximum absolute atomic E-state index is 11.4. The van der Waals surface area contributed by atoms with E-state index in [2.05, 4.69) is 9.97 Å². The van der Waals surface area contributed by atoms with Crippen LogP contribution in [0, 0.1) is 0 Å². The first-order valence-corrected chi connectivity index (χ1v) is 6.69. The molecule has 19 heavy (non-hydrogen) atoms. The second-order valence-electron chi connectivity index (χ2n) is 5.30.